The molecule has 0 saturated heterocycles. The molecule has 2 aromatic rings. The van der Waals surface area contributed by atoms with Crippen LogP contribution in [0.1, 0.15) is 27.7 Å². The van der Waals surface area contributed by atoms with E-state index in [0.29, 0.717) is 18.1 Å². The lowest BCUT2D eigenvalue weighted by atomic mass is 10.2. The van der Waals surface area contributed by atoms with Gasteiger partial charge in [-0.1, -0.05) is 29.8 Å². The van der Waals surface area contributed by atoms with E-state index in [0.717, 1.165) is 19.8 Å². The first-order valence-electron chi connectivity index (χ1n) is 6.31. The number of aryl methyl sites for hydroxylation is 1. The van der Waals surface area contributed by atoms with Gasteiger partial charge in [0.25, 0.3) is 5.91 Å². The van der Waals surface area contributed by atoms with Gasteiger partial charge < -0.3 is 4.90 Å². The van der Waals surface area contributed by atoms with Crippen LogP contribution >= 0.6 is 38.9 Å². The molecule has 0 radical (unpaired) electrons. The molecule has 0 N–H and O–H groups in total. The minimum atomic E-state index is 0.0474. The van der Waals surface area contributed by atoms with E-state index in [1.54, 1.807) is 4.90 Å². The number of benzene rings is 1. The number of hydrogen-bond acceptors (Lipinski definition) is 2. The first kappa shape index (κ1) is 15.5. The molecule has 0 unspecified atom stereocenters. The third-order valence-electron chi connectivity index (χ3n) is 3.06. The van der Waals surface area contributed by atoms with Crippen molar-refractivity contribution in [3.05, 3.63) is 55.1 Å². The number of carbonyl (C=O) groups excluding carboxylic acids is 1. The molecule has 5 heteroatoms. The topological polar surface area (TPSA) is 20.3 Å². The highest BCUT2D eigenvalue weighted by molar-refractivity contribution is 9.11. The van der Waals surface area contributed by atoms with Crippen molar-refractivity contribution in [1.29, 1.82) is 0 Å². The van der Waals surface area contributed by atoms with Gasteiger partial charge in [0.15, 0.2) is 0 Å². The van der Waals surface area contributed by atoms with Gasteiger partial charge >= 0.3 is 0 Å². The summed E-state index contributed by atoms with van der Waals surface area (Å²) in [5.74, 6) is 0.0474. The summed E-state index contributed by atoms with van der Waals surface area (Å²) in [4.78, 5) is 15.1. The number of rotatable bonds is 4. The first-order valence-corrected chi connectivity index (χ1v) is 8.30. The van der Waals surface area contributed by atoms with Gasteiger partial charge in [-0.3, -0.25) is 4.79 Å². The van der Waals surface area contributed by atoms with Gasteiger partial charge in [0, 0.05) is 18.1 Å². The molecule has 0 aliphatic heterocycles. The lowest BCUT2D eigenvalue weighted by Gasteiger charge is -2.20. The summed E-state index contributed by atoms with van der Waals surface area (Å²) in [6.45, 7) is 5.15. The zero-order valence-corrected chi connectivity index (χ0v) is 14.5. The zero-order valence-electron chi connectivity index (χ0n) is 11.3. The Morgan fingerprint density at radius 2 is 2.10 bits per heavy atom. The van der Waals surface area contributed by atoms with E-state index in [-0.39, 0.29) is 5.91 Å². The third-order valence-corrected chi connectivity index (χ3v) is 5.55. The largest absolute Gasteiger partial charge is 0.334 e. The molecule has 20 heavy (non-hydrogen) atoms. The van der Waals surface area contributed by atoms with Crippen LogP contribution in [0.25, 0.3) is 0 Å². The van der Waals surface area contributed by atoms with Crippen molar-refractivity contribution < 1.29 is 4.79 Å². The van der Waals surface area contributed by atoms with Crippen LogP contribution in [0.15, 0.2) is 34.1 Å². The van der Waals surface area contributed by atoms with E-state index in [4.69, 9.17) is 11.6 Å². The molecule has 1 amide bonds. The van der Waals surface area contributed by atoms with Crippen molar-refractivity contribution in [2.45, 2.75) is 20.4 Å². The van der Waals surface area contributed by atoms with E-state index in [1.165, 1.54) is 11.3 Å². The molecule has 0 aliphatic rings. The smallest absolute Gasteiger partial charge is 0.264 e. The molecule has 0 bridgehead atoms. The second-order valence-corrected chi connectivity index (χ2v) is 7.26. The van der Waals surface area contributed by atoms with Gasteiger partial charge in [0.1, 0.15) is 0 Å². The summed E-state index contributed by atoms with van der Waals surface area (Å²) in [5.41, 5.74) is 2.06. The molecule has 1 aromatic heterocycles. The third kappa shape index (κ3) is 3.43. The lowest BCUT2D eigenvalue weighted by molar-refractivity contribution is 0.0757. The maximum atomic E-state index is 12.5. The van der Waals surface area contributed by atoms with Crippen LogP contribution < -0.4 is 0 Å². The lowest BCUT2D eigenvalue weighted by Crippen LogP contribution is -2.29. The summed E-state index contributed by atoms with van der Waals surface area (Å²) < 4.78 is 1.01. The van der Waals surface area contributed by atoms with Gasteiger partial charge in [-0.15, -0.1) is 11.3 Å². The summed E-state index contributed by atoms with van der Waals surface area (Å²) >= 11 is 11.1. The molecule has 1 heterocycles. The van der Waals surface area contributed by atoms with E-state index in [9.17, 15) is 4.79 Å². The van der Waals surface area contributed by atoms with E-state index >= 15 is 0 Å². The highest BCUT2D eigenvalue weighted by Crippen LogP contribution is 2.28. The molecule has 1 aromatic carbocycles. The van der Waals surface area contributed by atoms with Gasteiger partial charge in [0.2, 0.25) is 0 Å². The Kier molecular flexibility index (Phi) is 5.24. The monoisotopic (exact) mass is 371 g/mol. The molecule has 106 valence electrons. The molecular weight excluding hydrogens is 358 g/mol. The van der Waals surface area contributed by atoms with Crippen molar-refractivity contribution in [2.75, 3.05) is 6.54 Å². The predicted octanol–water partition coefficient (Wildman–Crippen LogP) is 5.13. The molecular formula is C15H15BrClNOS. The standard InChI is InChI=1S/C15H15BrClNOS/c1-3-18(9-11-6-4-5-7-12(11)17)15(19)13-8-10(2)14(16)20-13/h4-8H,3,9H2,1-2H3. The number of hydrogen-bond donors (Lipinski definition) is 0. The van der Waals surface area contributed by atoms with Crippen LogP contribution in [0.2, 0.25) is 5.02 Å². The quantitative estimate of drug-likeness (QED) is 0.728. The Hall–Kier alpha value is -0.840. The zero-order chi connectivity index (χ0) is 14.7. The average Bonchev–Trinajstić information content (AvgIpc) is 2.77. The molecule has 2 rings (SSSR count). The number of amides is 1. The predicted molar refractivity (Wildman–Crippen MR) is 88.6 cm³/mol. The van der Waals surface area contributed by atoms with Gasteiger partial charge in [-0.05, 0) is 53.0 Å². The highest BCUT2D eigenvalue weighted by atomic mass is 79.9. The number of thiophene rings is 1. The SMILES string of the molecule is CCN(Cc1ccccc1Cl)C(=O)c1cc(C)c(Br)s1. The Bertz CT molecular complexity index is 607. The normalized spacial score (nSPS) is 10.6. The van der Waals surface area contributed by atoms with Crippen LogP contribution in [0, 0.1) is 6.92 Å². The molecule has 0 fully saturated rings. The number of nitrogens with zero attached hydrogens (tertiary/aromatic N) is 1. The Labute approximate surface area is 136 Å². The van der Waals surface area contributed by atoms with Crippen molar-refractivity contribution >= 4 is 44.8 Å². The average molecular weight is 373 g/mol. The maximum absolute atomic E-state index is 12.5. The minimum absolute atomic E-state index is 0.0474. The Morgan fingerprint density at radius 1 is 1.40 bits per heavy atom. The van der Waals surface area contributed by atoms with Crippen molar-refractivity contribution in [3.63, 3.8) is 0 Å². The first-order chi connectivity index (χ1) is 9.52. The molecule has 0 atom stereocenters. The van der Waals surface area contributed by atoms with Crippen LogP contribution in [-0.4, -0.2) is 17.4 Å². The van der Waals surface area contributed by atoms with E-state index in [2.05, 4.69) is 15.9 Å². The van der Waals surface area contributed by atoms with Crippen LogP contribution in [0.4, 0.5) is 0 Å². The highest BCUT2D eigenvalue weighted by Gasteiger charge is 2.18. The minimum Gasteiger partial charge on any atom is -0.334 e. The van der Waals surface area contributed by atoms with Gasteiger partial charge in [-0.2, -0.15) is 0 Å². The molecule has 0 aliphatic carbocycles. The van der Waals surface area contributed by atoms with Crippen molar-refractivity contribution in [2.24, 2.45) is 0 Å². The van der Waals surface area contributed by atoms with E-state index in [1.807, 2.05) is 44.2 Å². The van der Waals surface area contributed by atoms with Gasteiger partial charge in [0.05, 0.1) is 8.66 Å². The van der Waals surface area contributed by atoms with Gasteiger partial charge in [-0.25, -0.2) is 0 Å². The second kappa shape index (κ2) is 6.74. The van der Waals surface area contributed by atoms with Crippen molar-refractivity contribution in [1.82, 2.24) is 4.90 Å². The summed E-state index contributed by atoms with van der Waals surface area (Å²) in [6.07, 6.45) is 0. The summed E-state index contributed by atoms with van der Waals surface area (Å²) in [5, 5.41) is 0.697. The van der Waals surface area contributed by atoms with Crippen LogP contribution in [0.3, 0.4) is 0 Å². The van der Waals surface area contributed by atoms with E-state index < -0.39 is 0 Å². The number of halogens is 2. The molecule has 2 nitrogen and oxygen atoms in total. The Balaban J connectivity index is 2.20. The number of carbonyl (C=O) groups is 1. The fourth-order valence-corrected chi connectivity index (χ4v) is 3.58. The fraction of sp³-hybridized carbons (Fsp3) is 0.267. The second-order valence-electron chi connectivity index (χ2n) is 4.48. The fourth-order valence-electron chi connectivity index (χ4n) is 1.88. The molecule has 0 saturated carbocycles. The van der Waals surface area contributed by atoms with Crippen LogP contribution in [-0.2, 0) is 6.54 Å². The summed E-state index contributed by atoms with van der Waals surface area (Å²) in [7, 11) is 0. The van der Waals surface area contributed by atoms with Crippen LogP contribution in [0.5, 0.6) is 0 Å². The Morgan fingerprint density at radius 3 is 2.65 bits per heavy atom. The summed E-state index contributed by atoms with van der Waals surface area (Å²) in [6, 6.07) is 9.55. The molecule has 0 spiro atoms. The van der Waals surface area contributed by atoms with Crippen molar-refractivity contribution in [3.8, 4) is 0 Å². The maximum Gasteiger partial charge on any atom is 0.264 e.